The van der Waals surface area contributed by atoms with Crippen molar-refractivity contribution in [1.29, 1.82) is 0 Å². The van der Waals surface area contributed by atoms with Gasteiger partial charge in [-0.05, 0) is 41.1 Å². The van der Waals surface area contributed by atoms with Crippen molar-refractivity contribution < 1.29 is 4.79 Å². The quantitative estimate of drug-likeness (QED) is 0.819. The van der Waals surface area contributed by atoms with Gasteiger partial charge in [-0.3, -0.25) is 4.79 Å². The van der Waals surface area contributed by atoms with Crippen LogP contribution in [0.15, 0.2) is 27.1 Å². The lowest BCUT2D eigenvalue weighted by molar-refractivity contribution is 0.102. The number of nitrogens with two attached hydrogens (primary N) is 1. The Kier molecular flexibility index (Phi) is 4.04. The molecule has 1 heterocycles. The van der Waals surface area contributed by atoms with Gasteiger partial charge in [0, 0.05) is 8.95 Å². The molecule has 0 saturated carbocycles. The fraction of sp³-hybridized carbons (Fsp3) is 0.0909. The summed E-state index contributed by atoms with van der Waals surface area (Å²) in [6.07, 6.45) is 0. The third-order valence-electron chi connectivity index (χ3n) is 2.20. The standard InChI is InChI=1S/C11H9Br2N3OS/c1-5-9(18-11(14)15-5)10(17)16-8-3-2-6(12)4-7(8)13/h2-4H,1H3,(H2,14,15)(H,16,17). The van der Waals surface area contributed by atoms with Gasteiger partial charge in [0.2, 0.25) is 0 Å². The van der Waals surface area contributed by atoms with Crippen LogP contribution in [0.2, 0.25) is 0 Å². The minimum Gasteiger partial charge on any atom is -0.375 e. The van der Waals surface area contributed by atoms with Crippen LogP contribution in [0.1, 0.15) is 15.4 Å². The van der Waals surface area contributed by atoms with Crippen LogP contribution in [0.3, 0.4) is 0 Å². The van der Waals surface area contributed by atoms with E-state index in [4.69, 9.17) is 5.73 Å². The summed E-state index contributed by atoms with van der Waals surface area (Å²) in [7, 11) is 0. The Morgan fingerprint density at radius 3 is 2.72 bits per heavy atom. The maximum atomic E-state index is 12.1. The maximum Gasteiger partial charge on any atom is 0.267 e. The van der Waals surface area contributed by atoms with Gasteiger partial charge in [0.1, 0.15) is 4.88 Å². The van der Waals surface area contributed by atoms with E-state index in [1.165, 1.54) is 11.3 Å². The fourth-order valence-corrected chi connectivity index (χ4v) is 3.27. The molecule has 0 radical (unpaired) electrons. The average Bonchev–Trinajstić information content (AvgIpc) is 2.62. The molecule has 1 aromatic heterocycles. The monoisotopic (exact) mass is 389 g/mol. The zero-order valence-electron chi connectivity index (χ0n) is 9.33. The lowest BCUT2D eigenvalue weighted by Gasteiger charge is -2.06. The highest BCUT2D eigenvalue weighted by molar-refractivity contribution is 9.11. The average molecular weight is 391 g/mol. The Morgan fingerprint density at radius 2 is 2.17 bits per heavy atom. The van der Waals surface area contributed by atoms with E-state index in [9.17, 15) is 4.79 Å². The zero-order valence-corrected chi connectivity index (χ0v) is 13.3. The van der Waals surface area contributed by atoms with Crippen LogP contribution < -0.4 is 11.1 Å². The highest BCUT2D eigenvalue weighted by Gasteiger charge is 2.15. The summed E-state index contributed by atoms with van der Waals surface area (Å²) in [4.78, 5) is 16.6. The molecule has 2 aromatic rings. The third kappa shape index (κ3) is 2.90. The van der Waals surface area contributed by atoms with Crippen LogP contribution in [-0.2, 0) is 0 Å². The fourth-order valence-electron chi connectivity index (χ4n) is 1.40. The van der Waals surface area contributed by atoms with Gasteiger partial charge in [0.25, 0.3) is 5.91 Å². The number of hydrogen-bond donors (Lipinski definition) is 2. The molecule has 0 unspecified atom stereocenters. The minimum atomic E-state index is -0.204. The second-order valence-electron chi connectivity index (χ2n) is 3.54. The van der Waals surface area contributed by atoms with Crippen molar-refractivity contribution in [2.45, 2.75) is 6.92 Å². The largest absolute Gasteiger partial charge is 0.375 e. The number of amides is 1. The van der Waals surface area contributed by atoms with Gasteiger partial charge in [-0.15, -0.1) is 0 Å². The van der Waals surface area contributed by atoms with Gasteiger partial charge >= 0.3 is 0 Å². The molecule has 0 aliphatic heterocycles. The van der Waals surface area contributed by atoms with Crippen molar-refractivity contribution in [3.8, 4) is 0 Å². The van der Waals surface area contributed by atoms with E-state index in [0.717, 1.165) is 8.95 Å². The molecule has 0 atom stereocenters. The van der Waals surface area contributed by atoms with Crippen molar-refractivity contribution in [3.63, 3.8) is 0 Å². The third-order valence-corrected chi connectivity index (χ3v) is 4.33. The van der Waals surface area contributed by atoms with E-state index in [1.54, 1.807) is 6.92 Å². The van der Waals surface area contributed by atoms with Crippen LogP contribution in [0.5, 0.6) is 0 Å². The number of nitrogens with zero attached hydrogens (tertiary/aromatic N) is 1. The molecule has 0 aliphatic carbocycles. The minimum absolute atomic E-state index is 0.204. The first-order valence-corrected chi connectivity index (χ1v) is 7.37. The van der Waals surface area contributed by atoms with E-state index < -0.39 is 0 Å². The van der Waals surface area contributed by atoms with E-state index in [2.05, 4.69) is 42.2 Å². The molecule has 4 nitrogen and oxygen atoms in total. The number of aryl methyl sites for hydroxylation is 1. The summed E-state index contributed by atoms with van der Waals surface area (Å²) in [6, 6.07) is 5.53. The Labute approximate surface area is 125 Å². The second-order valence-corrected chi connectivity index (χ2v) is 6.35. The summed E-state index contributed by atoms with van der Waals surface area (Å²) in [5, 5.41) is 3.21. The highest BCUT2D eigenvalue weighted by Crippen LogP contribution is 2.28. The first-order chi connectivity index (χ1) is 8.47. The summed E-state index contributed by atoms with van der Waals surface area (Å²) in [5.74, 6) is -0.204. The Hall–Kier alpha value is -0.920. The predicted octanol–water partition coefficient (Wildman–Crippen LogP) is 3.81. The van der Waals surface area contributed by atoms with E-state index >= 15 is 0 Å². The van der Waals surface area contributed by atoms with Crippen molar-refractivity contribution in [2.75, 3.05) is 11.1 Å². The number of carbonyl (C=O) groups is 1. The van der Waals surface area contributed by atoms with Gasteiger partial charge < -0.3 is 11.1 Å². The van der Waals surface area contributed by atoms with Crippen molar-refractivity contribution in [1.82, 2.24) is 4.98 Å². The zero-order chi connectivity index (χ0) is 13.3. The van der Waals surface area contributed by atoms with Gasteiger partial charge in [-0.1, -0.05) is 27.3 Å². The Balaban J connectivity index is 2.24. The molecule has 0 bridgehead atoms. The van der Waals surface area contributed by atoms with Crippen LogP contribution in [-0.4, -0.2) is 10.9 Å². The molecule has 1 aromatic carbocycles. The number of halogens is 2. The lowest BCUT2D eigenvalue weighted by atomic mass is 10.3. The molecule has 1 amide bonds. The molecule has 3 N–H and O–H groups in total. The SMILES string of the molecule is Cc1nc(N)sc1C(=O)Nc1ccc(Br)cc1Br. The number of nitrogens with one attached hydrogen (secondary N) is 1. The number of thiazole rings is 1. The predicted molar refractivity (Wildman–Crippen MR) is 81.1 cm³/mol. The number of hydrogen-bond acceptors (Lipinski definition) is 4. The molecule has 18 heavy (non-hydrogen) atoms. The Bertz CT molecular complexity index is 612. The summed E-state index contributed by atoms with van der Waals surface area (Å²) < 4.78 is 1.74. The molecular formula is C11H9Br2N3OS. The molecule has 0 fully saturated rings. The summed E-state index contributed by atoms with van der Waals surface area (Å²) in [6.45, 7) is 1.76. The highest BCUT2D eigenvalue weighted by atomic mass is 79.9. The summed E-state index contributed by atoms with van der Waals surface area (Å²) in [5.41, 5.74) is 6.92. The van der Waals surface area contributed by atoms with Gasteiger partial charge in [-0.2, -0.15) is 0 Å². The second kappa shape index (κ2) is 5.38. The number of anilines is 2. The molecule has 0 aliphatic rings. The molecule has 2 rings (SSSR count). The smallest absolute Gasteiger partial charge is 0.267 e. The molecule has 94 valence electrons. The first kappa shape index (κ1) is 13.5. The van der Waals surface area contributed by atoms with Crippen LogP contribution in [0, 0.1) is 6.92 Å². The number of rotatable bonds is 2. The van der Waals surface area contributed by atoms with Gasteiger partial charge in [-0.25, -0.2) is 4.98 Å². The summed E-state index contributed by atoms with van der Waals surface area (Å²) >= 11 is 7.93. The molecule has 0 saturated heterocycles. The topological polar surface area (TPSA) is 68.0 Å². The van der Waals surface area contributed by atoms with Gasteiger partial charge in [0.05, 0.1) is 11.4 Å². The van der Waals surface area contributed by atoms with E-state index in [0.29, 0.717) is 21.4 Å². The molecular weight excluding hydrogens is 382 g/mol. The Morgan fingerprint density at radius 1 is 1.44 bits per heavy atom. The van der Waals surface area contributed by atoms with Crippen LogP contribution >= 0.6 is 43.2 Å². The molecule has 0 spiro atoms. The van der Waals surface area contributed by atoms with Crippen molar-refractivity contribution >= 4 is 59.9 Å². The number of aromatic nitrogens is 1. The number of carbonyl (C=O) groups excluding carboxylic acids is 1. The normalized spacial score (nSPS) is 10.4. The first-order valence-electron chi connectivity index (χ1n) is 4.96. The molecule has 7 heteroatoms. The maximum absolute atomic E-state index is 12.1. The van der Waals surface area contributed by atoms with Crippen LogP contribution in [0.4, 0.5) is 10.8 Å². The van der Waals surface area contributed by atoms with E-state index in [-0.39, 0.29) is 5.91 Å². The van der Waals surface area contributed by atoms with Crippen LogP contribution in [0.25, 0.3) is 0 Å². The van der Waals surface area contributed by atoms with Gasteiger partial charge in [0.15, 0.2) is 5.13 Å². The number of benzene rings is 1. The van der Waals surface area contributed by atoms with Crippen molar-refractivity contribution in [3.05, 3.63) is 37.7 Å². The lowest BCUT2D eigenvalue weighted by Crippen LogP contribution is -2.11. The van der Waals surface area contributed by atoms with Crippen molar-refractivity contribution in [2.24, 2.45) is 0 Å². The van der Waals surface area contributed by atoms with E-state index in [1.807, 2.05) is 18.2 Å². The number of nitrogen functional groups attached to an aromatic ring is 1.